The van der Waals surface area contributed by atoms with Crippen molar-refractivity contribution < 1.29 is 9.53 Å². The summed E-state index contributed by atoms with van der Waals surface area (Å²) in [5.74, 6) is -0.0835. The van der Waals surface area contributed by atoms with Crippen LogP contribution in [0.2, 0.25) is 0 Å². The molecule has 0 aromatic rings. The summed E-state index contributed by atoms with van der Waals surface area (Å²) in [4.78, 5) is 10.9. The van der Waals surface area contributed by atoms with Crippen LogP contribution in [0, 0.1) is 0 Å². The molecule has 78 valence electrons. The van der Waals surface area contributed by atoms with Crippen molar-refractivity contribution >= 4 is 5.97 Å². The van der Waals surface area contributed by atoms with E-state index < -0.39 is 0 Å². The Labute approximate surface area is 80.8 Å². The quantitative estimate of drug-likeness (QED) is 0.464. The molecular formula is C10H21NO2. The van der Waals surface area contributed by atoms with Crippen molar-refractivity contribution in [3.63, 3.8) is 0 Å². The van der Waals surface area contributed by atoms with Crippen LogP contribution >= 0.6 is 0 Å². The molecule has 0 aliphatic carbocycles. The van der Waals surface area contributed by atoms with E-state index in [1.54, 1.807) is 0 Å². The molecule has 0 unspecified atom stereocenters. The van der Waals surface area contributed by atoms with Gasteiger partial charge in [0.15, 0.2) is 0 Å². The number of hydrogen-bond donors (Lipinski definition) is 1. The van der Waals surface area contributed by atoms with Gasteiger partial charge in [0.05, 0.1) is 6.61 Å². The fraction of sp³-hybridized carbons (Fsp3) is 0.900. The van der Waals surface area contributed by atoms with Crippen molar-refractivity contribution in [2.75, 3.05) is 19.7 Å². The van der Waals surface area contributed by atoms with Crippen LogP contribution in [0.3, 0.4) is 0 Å². The van der Waals surface area contributed by atoms with Crippen molar-refractivity contribution in [3.05, 3.63) is 0 Å². The topological polar surface area (TPSA) is 38.3 Å². The smallest absolute Gasteiger partial charge is 0.305 e. The molecule has 0 aliphatic heterocycles. The molecule has 0 aromatic heterocycles. The van der Waals surface area contributed by atoms with E-state index in [9.17, 15) is 4.79 Å². The van der Waals surface area contributed by atoms with Crippen LogP contribution in [0.4, 0.5) is 0 Å². The Morgan fingerprint density at radius 2 is 1.92 bits per heavy atom. The van der Waals surface area contributed by atoms with E-state index in [1.165, 1.54) is 12.8 Å². The fourth-order valence-corrected chi connectivity index (χ4v) is 1.02. The van der Waals surface area contributed by atoms with Gasteiger partial charge in [-0.15, -0.1) is 0 Å². The summed E-state index contributed by atoms with van der Waals surface area (Å²) in [7, 11) is 0. The Balaban J connectivity index is 3.02. The van der Waals surface area contributed by atoms with E-state index in [0.717, 1.165) is 19.5 Å². The molecule has 0 bridgehead atoms. The molecule has 0 aliphatic rings. The molecule has 3 heteroatoms. The molecule has 0 rings (SSSR count). The monoisotopic (exact) mass is 187 g/mol. The third-order valence-electron chi connectivity index (χ3n) is 1.75. The van der Waals surface area contributed by atoms with Gasteiger partial charge in [0.2, 0.25) is 0 Å². The van der Waals surface area contributed by atoms with E-state index >= 15 is 0 Å². The summed E-state index contributed by atoms with van der Waals surface area (Å²) in [5.41, 5.74) is 0. The van der Waals surface area contributed by atoms with E-state index in [0.29, 0.717) is 13.0 Å². The minimum absolute atomic E-state index is 0.0835. The molecule has 13 heavy (non-hydrogen) atoms. The zero-order chi connectivity index (χ0) is 9.94. The molecule has 3 nitrogen and oxygen atoms in total. The number of ether oxygens (including phenoxy) is 1. The lowest BCUT2D eigenvalue weighted by Gasteiger charge is -2.03. The molecule has 0 radical (unpaired) electrons. The van der Waals surface area contributed by atoms with Crippen LogP contribution in [-0.4, -0.2) is 25.7 Å². The maximum absolute atomic E-state index is 10.9. The Kier molecular flexibility index (Phi) is 9.10. The summed E-state index contributed by atoms with van der Waals surface area (Å²) in [6.45, 7) is 6.46. The Hall–Kier alpha value is -0.570. The van der Waals surface area contributed by atoms with E-state index in [4.69, 9.17) is 4.74 Å². The number of esters is 1. The number of hydrogen-bond acceptors (Lipinski definition) is 3. The average Bonchev–Trinajstić information content (AvgIpc) is 2.11. The van der Waals surface area contributed by atoms with Crippen LogP contribution in [0.1, 0.15) is 39.5 Å². The summed E-state index contributed by atoms with van der Waals surface area (Å²) < 4.78 is 4.80. The number of carbonyl (C=O) groups excluding carboxylic acids is 1. The van der Waals surface area contributed by atoms with Crippen LogP contribution < -0.4 is 5.32 Å². The lowest BCUT2D eigenvalue weighted by Crippen LogP contribution is -2.17. The summed E-state index contributed by atoms with van der Waals surface area (Å²) in [5, 5.41) is 3.28. The fourth-order valence-electron chi connectivity index (χ4n) is 1.02. The maximum atomic E-state index is 10.9. The zero-order valence-corrected chi connectivity index (χ0v) is 8.77. The van der Waals surface area contributed by atoms with Crippen molar-refractivity contribution in [2.45, 2.75) is 39.5 Å². The third-order valence-corrected chi connectivity index (χ3v) is 1.75. The van der Waals surface area contributed by atoms with Crippen LogP contribution in [0.25, 0.3) is 0 Å². The first-order valence-corrected chi connectivity index (χ1v) is 5.17. The van der Waals surface area contributed by atoms with E-state index in [1.807, 2.05) is 6.92 Å². The second-order valence-corrected chi connectivity index (χ2v) is 3.01. The summed E-state index contributed by atoms with van der Waals surface area (Å²) >= 11 is 0. The normalized spacial score (nSPS) is 10.0. The van der Waals surface area contributed by atoms with Gasteiger partial charge in [0.1, 0.15) is 0 Å². The SMILES string of the molecule is CCCCNCCCC(=O)OCC. The first-order chi connectivity index (χ1) is 6.31. The van der Waals surface area contributed by atoms with Gasteiger partial charge in [0.25, 0.3) is 0 Å². The predicted molar refractivity (Wildman–Crippen MR) is 53.6 cm³/mol. The molecule has 0 aromatic carbocycles. The largest absolute Gasteiger partial charge is 0.466 e. The number of rotatable bonds is 8. The lowest BCUT2D eigenvalue weighted by molar-refractivity contribution is -0.143. The highest BCUT2D eigenvalue weighted by Gasteiger charge is 1.99. The Morgan fingerprint density at radius 3 is 2.54 bits per heavy atom. The van der Waals surface area contributed by atoms with Gasteiger partial charge in [-0.2, -0.15) is 0 Å². The van der Waals surface area contributed by atoms with Gasteiger partial charge >= 0.3 is 5.97 Å². The molecule has 0 amide bonds. The summed E-state index contributed by atoms with van der Waals surface area (Å²) in [6.07, 6.45) is 3.83. The van der Waals surface area contributed by atoms with Crippen molar-refractivity contribution in [1.82, 2.24) is 5.32 Å². The summed E-state index contributed by atoms with van der Waals surface area (Å²) in [6, 6.07) is 0. The predicted octanol–water partition coefficient (Wildman–Crippen LogP) is 1.72. The second-order valence-electron chi connectivity index (χ2n) is 3.01. The van der Waals surface area contributed by atoms with Crippen LogP contribution in [-0.2, 0) is 9.53 Å². The van der Waals surface area contributed by atoms with Crippen molar-refractivity contribution in [3.8, 4) is 0 Å². The molecule has 1 N–H and O–H groups in total. The van der Waals surface area contributed by atoms with Crippen molar-refractivity contribution in [2.24, 2.45) is 0 Å². The molecular weight excluding hydrogens is 166 g/mol. The van der Waals surface area contributed by atoms with Crippen LogP contribution in [0.15, 0.2) is 0 Å². The minimum atomic E-state index is -0.0835. The molecule has 0 fully saturated rings. The third kappa shape index (κ3) is 9.34. The van der Waals surface area contributed by atoms with Gasteiger partial charge < -0.3 is 10.1 Å². The molecule has 0 heterocycles. The first-order valence-electron chi connectivity index (χ1n) is 5.17. The molecule has 0 saturated carbocycles. The maximum Gasteiger partial charge on any atom is 0.305 e. The second kappa shape index (κ2) is 9.52. The highest BCUT2D eigenvalue weighted by Crippen LogP contribution is 1.91. The van der Waals surface area contributed by atoms with Crippen LogP contribution in [0.5, 0.6) is 0 Å². The Bertz CT molecular complexity index is 126. The standard InChI is InChI=1S/C10H21NO2/c1-3-5-8-11-9-6-7-10(12)13-4-2/h11H,3-9H2,1-2H3. The lowest BCUT2D eigenvalue weighted by atomic mass is 10.3. The van der Waals surface area contributed by atoms with E-state index in [-0.39, 0.29) is 5.97 Å². The number of unbranched alkanes of at least 4 members (excludes halogenated alkanes) is 1. The van der Waals surface area contributed by atoms with Gasteiger partial charge in [-0.1, -0.05) is 13.3 Å². The number of nitrogens with one attached hydrogen (secondary N) is 1. The van der Waals surface area contributed by atoms with Gasteiger partial charge in [-0.3, -0.25) is 4.79 Å². The van der Waals surface area contributed by atoms with E-state index in [2.05, 4.69) is 12.2 Å². The van der Waals surface area contributed by atoms with Gasteiger partial charge in [-0.05, 0) is 32.9 Å². The molecule has 0 atom stereocenters. The average molecular weight is 187 g/mol. The molecule has 0 spiro atoms. The molecule has 0 saturated heterocycles. The first kappa shape index (κ1) is 12.4. The van der Waals surface area contributed by atoms with Gasteiger partial charge in [-0.25, -0.2) is 0 Å². The highest BCUT2D eigenvalue weighted by atomic mass is 16.5. The zero-order valence-electron chi connectivity index (χ0n) is 8.77. The number of carbonyl (C=O) groups is 1. The highest BCUT2D eigenvalue weighted by molar-refractivity contribution is 5.69. The van der Waals surface area contributed by atoms with Crippen molar-refractivity contribution in [1.29, 1.82) is 0 Å². The van der Waals surface area contributed by atoms with Gasteiger partial charge in [0, 0.05) is 6.42 Å². The Morgan fingerprint density at radius 1 is 1.23 bits per heavy atom. The minimum Gasteiger partial charge on any atom is -0.466 e.